The predicted molar refractivity (Wildman–Crippen MR) is 121 cm³/mol. The smallest absolute Gasteiger partial charge is 0.416 e. The summed E-state index contributed by atoms with van der Waals surface area (Å²) in [5.74, 6) is -1.13. The van der Waals surface area contributed by atoms with E-state index in [-0.39, 0.29) is 24.8 Å². The van der Waals surface area contributed by atoms with E-state index in [0.717, 1.165) is 30.7 Å². The van der Waals surface area contributed by atoms with E-state index in [4.69, 9.17) is 0 Å². The van der Waals surface area contributed by atoms with Crippen molar-refractivity contribution >= 4 is 22.9 Å². The van der Waals surface area contributed by atoms with Crippen LogP contribution >= 0.6 is 0 Å². The number of nitrogens with zero attached hydrogens (tertiary/aromatic N) is 3. The zero-order valence-electron chi connectivity index (χ0n) is 19.0. The molecule has 0 saturated heterocycles. The molecule has 0 aliphatic heterocycles. The summed E-state index contributed by atoms with van der Waals surface area (Å²) in [6, 6.07) is 7.07. The topological polar surface area (TPSA) is 75.4 Å². The second kappa shape index (κ2) is 9.12. The molecule has 1 saturated carbocycles. The first-order valence-corrected chi connectivity index (χ1v) is 11.3. The Balaban J connectivity index is 1.89. The van der Waals surface area contributed by atoms with Gasteiger partial charge in [0.1, 0.15) is 5.65 Å². The molecule has 3 aromatic rings. The predicted octanol–water partition coefficient (Wildman–Crippen LogP) is 4.99. The van der Waals surface area contributed by atoms with Gasteiger partial charge in [0, 0.05) is 36.3 Å². The quantitative estimate of drug-likeness (QED) is 0.500. The van der Waals surface area contributed by atoms with Gasteiger partial charge in [-0.1, -0.05) is 6.92 Å². The number of aryl methyl sites for hydroxylation is 1. The third kappa shape index (κ3) is 4.78. The molecule has 0 unspecified atom stereocenters. The molecule has 6 nitrogen and oxygen atoms in total. The fourth-order valence-corrected chi connectivity index (χ4v) is 4.16. The van der Waals surface area contributed by atoms with Crippen LogP contribution in [-0.4, -0.2) is 38.0 Å². The first kappa shape index (κ1) is 23.8. The Kier molecular flexibility index (Phi) is 6.38. The van der Waals surface area contributed by atoms with Gasteiger partial charge in [-0.05, 0) is 67.6 Å². The number of carbonyl (C=O) groups excluding carboxylic acids is 1. The van der Waals surface area contributed by atoms with Crippen molar-refractivity contribution in [1.82, 2.24) is 14.5 Å². The highest BCUT2D eigenvalue weighted by molar-refractivity contribution is 5.87. The van der Waals surface area contributed by atoms with Crippen LogP contribution in [0, 0.1) is 5.92 Å². The van der Waals surface area contributed by atoms with Crippen molar-refractivity contribution in [3.63, 3.8) is 0 Å². The molecule has 180 valence electrons. The number of carbonyl (C=O) groups is 2. The maximum atomic E-state index is 13.6. The van der Waals surface area contributed by atoms with Gasteiger partial charge in [0.2, 0.25) is 5.91 Å². The number of fused-ring (bicyclic) bond motifs is 1. The molecule has 2 heterocycles. The van der Waals surface area contributed by atoms with Crippen LogP contribution in [0.1, 0.15) is 49.1 Å². The average Bonchev–Trinajstić information content (AvgIpc) is 3.59. The number of pyridine rings is 1. The Labute approximate surface area is 195 Å². The fraction of sp³-hybridized carbons (Fsp3) is 0.400. The number of alkyl halides is 3. The number of carboxylic acids is 1. The summed E-state index contributed by atoms with van der Waals surface area (Å²) in [6.45, 7) is 4.14. The number of aliphatic carboxylic acids is 1. The van der Waals surface area contributed by atoms with Crippen LogP contribution in [0.5, 0.6) is 0 Å². The number of hydrogen-bond acceptors (Lipinski definition) is 3. The molecule has 9 heteroatoms. The van der Waals surface area contributed by atoms with Crippen LogP contribution in [0.3, 0.4) is 0 Å². The lowest BCUT2D eigenvalue weighted by Crippen LogP contribution is -2.32. The number of hydrogen-bond donors (Lipinski definition) is 1. The van der Waals surface area contributed by atoms with Crippen LogP contribution in [0.25, 0.3) is 16.7 Å². The zero-order valence-corrected chi connectivity index (χ0v) is 19.0. The van der Waals surface area contributed by atoms with Gasteiger partial charge < -0.3 is 14.6 Å². The van der Waals surface area contributed by atoms with Crippen molar-refractivity contribution in [3.05, 3.63) is 58.9 Å². The Morgan fingerprint density at radius 1 is 1.15 bits per heavy atom. The second-order valence-corrected chi connectivity index (χ2v) is 8.59. The van der Waals surface area contributed by atoms with Crippen molar-refractivity contribution < 1.29 is 27.9 Å². The van der Waals surface area contributed by atoms with Crippen LogP contribution in [0.15, 0.2) is 36.5 Å². The number of benzene rings is 1. The van der Waals surface area contributed by atoms with Crippen LogP contribution in [-0.2, 0) is 35.2 Å². The Morgan fingerprint density at radius 2 is 1.88 bits per heavy atom. The van der Waals surface area contributed by atoms with E-state index < -0.39 is 17.7 Å². The third-order valence-corrected chi connectivity index (χ3v) is 6.14. The van der Waals surface area contributed by atoms with E-state index in [1.54, 1.807) is 28.7 Å². The van der Waals surface area contributed by atoms with E-state index in [9.17, 15) is 27.9 Å². The van der Waals surface area contributed by atoms with E-state index in [1.165, 1.54) is 6.07 Å². The molecule has 0 atom stereocenters. The van der Waals surface area contributed by atoms with Crippen molar-refractivity contribution in [1.29, 1.82) is 0 Å². The number of halogens is 3. The van der Waals surface area contributed by atoms with Crippen molar-refractivity contribution in [2.24, 2.45) is 5.92 Å². The summed E-state index contributed by atoms with van der Waals surface area (Å²) >= 11 is 0. The van der Waals surface area contributed by atoms with Crippen molar-refractivity contribution in [2.45, 2.75) is 52.3 Å². The SMILES string of the molecule is CCc1ccc2c(CC(=O)O)cn(-c3ccc(C(F)(F)F)cc3CN(CC)C(=O)C3CC3)c2n1. The van der Waals surface area contributed by atoms with Crippen LogP contribution in [0.2, 0.25) is 0 Å². The lowest BCUT2D eigenvalue weighted by atomic mass is 10.1. The molecule has 1 aliphatic rings. The summed E-state index contributed by atoms with van der Waals surface area (Å²) in [4.78, 5) is 30.4. The normalized spacial score (nSPS) is 13.9. The molecule has 34 heavy (non-hydrogen) atoms. The van der Waals surface area contributed by atoms with Crippen molar-refractivity contribution in [3.8, 4) is 5.69 Å². The number of carboxylic acid groups (broad SMARTS) is 1. The van der Waals surface area contributed by atoms with Gasteiger partial charge in [0.05, 0.1) is 17.7 Å². The lowest BCUT2D eigenvalue weighted by Gasteiger charge is -2.24. The highest BCUT2D eigenvalue weighted by Gasteiger charge is 2.34. The third-order valence-electron chi connectivity index (χ3n) is 6.14. The molecule has 1 fully saturated rings. The summed E-state index contributed by atoms with van der Waals surface area (Å²) in [7, 11) is 0. The molecule has 0 radical (unpaired) electrons. The highest BCUT2D eigenvalue weighted by atomic mass is 19.4. The van der Waals surface area contributed by atoms with Gasteiger partial charge >= 0.3 is 12.1 Å². The molecule has 2 aromatic heterocycles. The molecular weight excluding hydrogens is 447 g/mol. The molecule has 1 N–H and O–H groups in total. The number of amides is 1. The van der Waals surface area contributed by atoms with E-state index in [2.05, 4.69) is 4.98 Å². The summed E-state index contributed by atoms with van der Waals surface area (Å²) < 4.78 is 42.3. The second-order valence-electron chi connectivity index (χ2n) is 8.59. The number of rotatable bonds is 8. The van der Waals surface area contributed by atoms with Crippen LogP contribution in [0.4, 0.5) is 13.2 Å². The van der Waals surface area contributed by atoms with E-state index in [0.29, 0.717) is 40.8 Å². The largest absolute Gasteiger partial charge is 0.481 e. The molecule has 1 amide bonds. The Bertz CT molecular complexity index is 1250. The molecule has 4 rings (SSSR count). The molecular formula is C25H26F3N3O3. The summed E-state index contributed by atoms with van der Waals surface area (Å²) in [5, 5.41) is 9.99. The first-order valence-electron chi connectivity index (χ1n) is 11.3. The minimum atomic E-state index is -4.54. The summed E-state index contributed by atoms with van der Waals surface area (Å²) in [5.41, 5.74) is 1.75. The van der Waals surface area contributed by atoms with Gasteiger partial charge in [-0.3, -0.25) is 9.59 Å². The average molecular weight is 473 g/mol. The zero-order chi connectivity index (χ0) is 24.6. The number of aromatic nitrogens is 2. The molecule has 0 bridgehead atoms. The minimum absolute atomic E-state index is 0.0203. The van der Waals surface area contributed by atoms with E-state index in [1.807, 2.05) is 13.0 Å². The maximum absolute atomic E-state index is 13.6. The van der Waals surface area contributed by atoms with Gasteiger partial charge in [0.15, 0.2) is 0 Å². The Morgan fingerprint density at radius 3 is 2.47 bits per heavy atom. The maximum Gasteiger partial charge on any atom is 0.416 e. The standard InChI is InChI=1S/C25H26F3N3O3/c1-3-19-8-9-20-16(12-22(32)33)14-31(23(20)29-19)21-10-7-18(25(26,27)28)11-17(21)13-30(4-2)24(34)15-5-6-15/h7-11,14-15H,3-6,12-13H2,1-2H3,(H,32,33). The van der Waals surface area contributed by atoms with Gasteiger partial charge in [-0.2, -0.15) is 13.2 Å². The highest BCUT2D eigenvalue weighted by Crippen LogP contribution is 2.35. The fourth-order valence-electron chi connectivity index (χ4n) is 4.16. The Hall–Kier alpha value is -3.36. The molecule has 1 aliphatic carbocycles. The van der Waals surface area contributed by atoms with Gasteiger partial charge in [0.25, 0.3) is 0 Å². The van der Waals surface area contributed by atoms with Crippen molar-refractivity contribution in [2.75, 3.05) is 6.54 Å². The minimum Gasteiger partial charge on any atom is -0.481 e. The lowest BCUT2D eigenvalue weighted by molar-refractivity contribution is -0.138. The molecule has 1 aromatic carbocycles. The van der Waals surface area contributed by atoms with Gasteiger partial charge in [-0.25, -0.2) is 4.98 Å². The molecule has 0 spiro atoms. The first-order chi connectivity index (χ1) is 16.1. The monoisotopic (exact) mass is 473 g/mol. The van der Waals surface area contributed by atoms with Gasteiger partial charge in [-0.15, -0.1) is 0 Å². The summed E-state index contributed by atoms with van der Waals surface area (Å²) in [6.07, 6.45) is -0.908. The van der Waals surface area contributed by atoms with Crippen LogP contribution < -0.4 is 0 Å². The van der Waals surface area contributed by atoms with E-state index >= 15 is 0 Å².